The van der Waals surface area contributed by atoms with Gasteiger partial charge in [-0.2, -0.15) is 4.31 Å². The van der Waals surface area contributed by atoms with Gasteiger partial charge in [-0.15, -0.1) is 0 Å². The molecule has 0 spiro atoms. The molecule has 53 heavy (non-hydrogen) atoms. The average Bonchev–Trinajstić information content (AvgIpc) is 3.83. The first kappa shape index (κ1) is 40.3. The third-order valence-corrected chi connectivity index (χ3v) is 13.2. The summed E-state index contributed by atoms with van der Waals surface area (Å²) in [6, 6.07) is 0. The zero-order chi connectivity index (χ0) is 38.6. The number of imidazole rings is 2. The number of hydrogen-bond acceptors (Lipinski definition) is 23. The molecular formula is C22H30BN10O15P3S2. The SMILES string of the molecule is [B][P@](=O)(OC[C@H]1O[C@@H](n2cnc3c(N)nc(SC)nc32)[C@H](O)[C@@H]1O)OP(=O)(O)OP(=O)(O)OC[C@H]1O[C@@H](n2cnc3c(N)nc(SC)nc32)[C@H](O)[C@@H]1O. The number of thioether (sulfide) groups is 2. The van der Waals surface area contributed by atoms with Gasteiger partial charge in [-0.05, 0) is 12.5 Å². The second-order valence-electron chi connectivity index (χ2n) is 11.2. The predicted molar refractivity (Wildman–Crippen MR) is 182 cm³/mol. The Hall–Kier alpha value is -2.33. The van der Waals surface area contributed by atoms with Crippen LogP contribution in [0.25, 0.3) is 22.3 Å². The molecule has 2 unspecified atom stereocenters. The minimum absolute atomic E-state index is 0.0378. The number of aromatic nitrogens is 8. The van der Waals surface area contributed by atoms with Crippen LogP contribution >= 0.6 is 46.6 Å². The Morgan fingerprint density at radius 2 is 1.17 bits per heavy atom. The van der Waals surface area contributed by atoms with Gasteiger partial charge in [0.15, 0.2) is 45.7 Å². The summed E-state index contributed by atoms with van der Waals surface area (Å²) in [6.45, 7) is -1.90. The number of fused-ring (bicyclic) bond motifs is 2. The van der Waals surface area contributed by atoms with Gasteiger partial charge in [0.05, 0.1) is 25.9 Å². The number of nitrogens with two attached hydrogens (primary N) is 2. The lowest BCUT2D eigenvalue weighted by Crippen LogP contribution is -2.33. The highest BCUT2D eigenvalue weighted by molar-refractivity contribution is 7.98. The van der Waals surface area contributed by atoms with E-state index in [0.29, 0.717) is 0 Å². The highest BCUT2D eigenvalue weighted by Crippen LogP contribution is 2.67. The topological polar surface area (TPSA) is 367 Å². The van der Waals surface area contributed by atoms with Gasteiger partial charge in [0.25, 0.3) is 7.47 Å². The van der Waals surface area contributed by atoms with E-state index in [1.807, 2.05) is 0 Å². The van der Waals surface area contributed by atoms with Gasteiger partial charge < -0.3 is 55.7 Å². The first-order valence-electron chi connectivity index (χ1n) is 14.7. The first-order valence-corrected chi connectivity index (χ1v) is 21.8. The second-order valence-corrected chi connectivity index (χ2v) is 17.5. The fourth-order valence-electron chi connectivity index (χ4n) is 5.26. The molecule has 6 heterocycles. The van der Waals surface area contributed by atoms with Crippen molar-refractivity contribution in [2.24, 2.45) is 0 Å². The van der Waals surface area contributed by atoms with Crippen LogP contribution in [0.3, 0.4) is 0 Å². The van der Waals surface area contributed by atoms with E-state index >= 15 is 0 Å². The van der Waals surface area contributed by atoms with Gasteiger partial charge in [-0.3, -0.25) is 18.2 Å². The fourth-order valence-corrected chi connectivity index (χ4v) is 9.65. The molecule has 0 amide bonds. The lowest BCUT2D eigenvalue weighted by molar-refractivity contribution is -0.0504. The Labute approximate surface area is 306 Å². The molecule has 2 radical (unpaired) electrons. The van der Waals surface area contributed by atoms with Gasteiger partial charge in [-0.25, -0.2) is 43.3 Å². The fraction of sp³-hybridized carbons (Fsp3) is 0.545. The summed E-state index contributed by atoms with van der Waals surface area (Å²) in [5, 5.41) is 43.0. The summed E-state index contributed by atoms with van der Waals surface area (Å²) < 4.78 is 69.7. The summed E-state index contributed by atoms with van der Waals surface area (Å²) in [6.07, 6.45) is -6.53. The predicted octanol–water partition coefficient (Wildman–Crippen LogP) is -0.943. The highest BCUT2D eigenvalue weighted by atomic mass is 32.2. The van der Waals surface area contributed by atoms with E-state index < -0.39 is 85.4 Å². The van der Waals surface area contributed by atoms with E-state index in [-0.39, 0.29) is 44.3 Å². The maximum atomic E-state index is 12.8. The van der Waals surface area contributed by atoms with Crippen molar-refractivity contribution >= 4 is 88.2 Å². The van der Waals surface area contributed by atoms with E-state index in [1.54, 1.807) is 12.5 Å². The van der Waals surface area contributed by atoms with Crippen LogP contribution in [0.4, 0.5) is 11.6 Å². The number of hydrogen-bond donors (Lipinski definition) is 8. The summed E-state index contributed by atoms with van der Waals surface area (Å²) in [4.78, 5) is 45.1. The second kappa shape index (κ2) is 15.3. The van der Waals surface area contributed by atoms with Crippen molar-refractivity contribution in [1.82, 2.24) is 39.0 Å². The molecular weight excluding hydrogens is 812 g/mol. The molecule has 6 rings (SSSR count). The van der Waals surface area contributed by atoms with Crippen LogP contribution in [0.2, 0.25) is 0 Å². The molecule has 0 saturated carbocycles. The van der Waals surface area contributed by atoms with Crippen molar-refractivity contribution in [2.45, 2.75) is 59.4 Å². The molecule has 25 nitrogen and oxygen atoms in total. The van der Waals surface area contributed by atoms with Crippen LogP contribution < -0.4 is 11.5 Å². The van der Waals surface area contributed by atoms with E-state index in [4.69, 9.17) is 33.0 Å². The first-order chi connectivity index (χ1) is 24.8. The Bertz CT molecular complexity index is 2010. The number of phosphoric ester groups is 1. The van der Waals surface area contributed by atoms with Gasteiger partial charge in [0.2, 0.25) is 7.57 Å². The average molecular weight is 842 g/mol. The zero-order valence-corrected chi connectivity index (χ0v) is 31.3. The minimum Gasteiger partial charge on any atom is -0.387 e. The van der Waals surface area contributed by atoms with Crippen LogP contribution in [0, 0.1) is 0 Å². The summed E-state index contributed by atoms with van der Waals surface area (Å²) in [5.41, 5.74) is 12.5. The molecule has 4 aromatic rings. The molecule has 2 saturated heterocycles. The van der Waals surface area contributed by atoms with Gasteiger partial charge in [-0.1, -0.05) is 23.5 Å². The number of nitrogens with zero attached hydrogens (tertiary/aromatic N) is 8. The van der Waals surface area contributed by atoms with Gasteiger partial charge in [0, 0.05) is 0 Å². The number of nitrogen functional groups attached to an aromatic ring is 2. The van der Waals surface area contributed by atoms with Crippen molar-refractivity contribution in [3.63, 3.8) is 0 Å². The standard InChI is InChI=1S/C22H30BN10O15P3S2/c1-52-21-28-15(24)9-17(30-21)32(5-26-9)19-13(36)11(34)7(45-19)3-43-49(23,38)47-51(41,42)48-50(39,40)44-4-8-12(35)14(37)20(46-8)33-6-27-10-16(25)29-22(53-2)31-18(10)33/h5-8,11-14,19-20,34-37H,3-4H2,1-2H3,(H,39,40)(H,41,42)(H2,24,28,30)(H2,25,29,31)/t7-,8-,11-,12-,13-,14-,19-,20-,49+/m1/s1. The number of rotatable bonds is 14. The van der Waals surface area contributed by atoms with Crippen LogP contribution in [0.1, 0.15) is 12.5 Å². The molecule has 0 aromatic carbocycles. The normalized spacial score (nSPS) is 29.7. The van der Waals surface area contributed by atoms with Crippen molar-refractivity contribution in [1.29, 1.82) is 0 Å². The van der Waals surface area contributed by atoms with E-state index in [9.17, 15) is 43.9 Å². The molecule has 4 aromatic heterocycles. The Morgan fingerprint density at radius 3 is 1.60 bits per heavy atom. The third kappa shape index (κ3) is 8.44. The summed E-state index contributed by atoms with van der Waals surface area (Å²) in [7, 11) is -11.2. The summed E-state index contributed by atoms with van der Waals surface area (Å²) in [5.74, 6) is 0.0832. The molecule has 2 aliphatic rings. The smallest absolute Gasteiger partial charge is 0.387 e. The zero-order valence-electron chi connectivity index (χ0n) is 27.0. The number of aliphatic hydroxyl groups excluding tert-OH is 4. The van der Waals surface area contributed by atoms with Gasteiger partial charge in [0.1, 0.15) is 47.7 Å². The van der Waals surface area contributed by atoms with Crippen molar-refractivity contribution in [2.75, 3.05) is 37.2 Å². The number of anilines is 2. The van der Waals surface area contributed by atoms with E-state index in [0.717, 1.165) is 0 Å². The van der Waals surface area contributed by atoms with Crippen LogP contribution in [-0.4, -0.2) is 139 Å². The molecule has 31 heteroatoms. The molecule has 2 aliphatic heterocycles. The molecule has 288 valence electrons. The number of phosphoric acid groups is 2. The van der Waals surface area contributed by atoms with Crippen LogP contribution in [-0.2, 0) is 40.8 Å². The molecule has 0 aliphatic carbocycles. The Kier molecular flexibility index (Phi) is 11.7. The van der Waals surface area contributed by atoms with Crippen LogP contribution in [0.5, 0.6) is 0 Å². The van der Waals surface area contributed by atoms with Crippen molar-refractivity contribution in [3.8, 4) is 0 Å². The largest absolute Gasteiger partial charge is 0.487 e. The third-order valence-electron chi connectivity index (χ3n) is 7.69. The minimum atomic E-state index is -5.83. The number of aliphatic hydroxyl groups is 4. The van der Waals surface area contributed by atoms with E-state index in [2.05, 4.69) is 43.0 Å². The maximum Gasteiger partial charge on any atom is 0.487 e. The van der Waals surface area contributed by atoms with Crippen molar-refractivity contribution in [3.05, 3.63) is 12.7 Å². The quantitative estimate of drug-likeness (QED) is 0.0328. The molecule has 2 fully saturated rings. The maximum absolute atomic E-state index is 12.8. The molecule has 11 atom stereocenters. The molecule has 10 N–H and O–H groups in total. The molecule has 0 bridgehead atoms. The van der Waals surface area contributed by atoms with Crippen molar-refractivity contribution < 1.29 is 71.1 Å². The number of ether oxygens (including phenoxy) is 2. The Balaban J connectivity index is 1.04. The monoisotopic (exact) mass is 842 g/mol. The lowest BCUT2D eigenvalue weighted by atomic mass is 10.1. The Morgan fingerprint density at radius 1 is 0.736 bits per heavy atom. The van der Waals surface area contributed by atoms with E-state index in [1.165, 1.54) is 45.3 Å². The van der Waals surface area contributed by atoms with Crippen LogP contribution in [0.15, 0.2) is 23.0 Å². The summed E-state index contributed by atoms with van der Waals surface area (Å²) >= 11 is 2.35. The highest BCUT2D eigenvalue weighted by Gasteiger charge is 2.48. The van der Waals surface area contributed by atoms with Gasteiger partial charge >= 0.3 is 15.6 Å². The lowest BCUT2D eigenvalue weighted by Gasteiger charge is -2.22.